The van der Waals surface area contributed by atoms with Gasteiger partial charge in [0.15, 0.2) is 0 Å². The average Bonchev–Trinajstić information content (AvgIpc) is 2.09. The number of hydrogen-bond acceptors (Lipinski definition) is 1. The molecule has 5 heteroatoms. The Morgan fingerprint density at radius 2 is 1.92 bits per heavy atom. The Morgan fingerprint density at radius 3 is 2.46 bits per heavy atom. The van der Waals surface area contributed by atoms with Gasteiger partial charge in [0.2, 0.25) is 0 Å². The molecule has 0 atom stereocenters. The minimum Gasteiger partial charge on any atom is -0.390 e. The lowest BCUT2D eigenvalue weighted by atomic mass is 10.1. The fourth-order valence-electron chi connectivity index (χ4n) is 0.863. The van der Waals surface area contributed by atoms with Gasteiger partial charge < -0.3 is 5.11 Å². The van der Waals surface area contributed by atoms with Gasteiger partial charge in [-0.25, -0.2) is 0 Å². The number of benzene rings is 1. The van der Waals surface area contributed by atoms with Crippen LogP contribution in [-0.4, -0.2) is 11.7 Å². The third kappa shape index (κ3) is 2.72. The molecule has 1 nitrogen and oxygen atoms in total. The highest BCUT2D eigenvalue weighted by molar-refractivity contribution is 14.1. The Labute approximate surface area is 102 Å². The summed E-state index contributed by atoms with van der Waals surface area (Å²) in [7, 11) is 0. The number of rotatable bonds is 2. The maximum Gasteiger partial charge on any atom is 0.296 e. The molecule has 0 saturated heterocycles. The molecule has 0 aliphatic carbocycles. The van der Waals surface area contributed by atoms with E-state index in [2.05, 4.69) is 0 Å². The fraction of sp³-hybridized carbons (Fsp3) is 0.250. The van der Waals surface area contributed by atoms with Crippen molar-refractivity contribution in [1.82, 2.24) is 0 Å². The summed E-state index contributed by atoms with van der Waals surface area (Å²) >= 11 is 3.79. The molecule has 0 saturated carbocycles. The zero-order chi connectivity index (χ0) is 10.1. The first-order chi connectivity index (χ1) is 5.97. The molecule has 1 N–H and O–H groups in total. The molecule has 1 aromatic rings. The van der Waals surface area contributed by atoms with E-state index in [9.17, 15) is 8.78 Å². The van der Waals surface area contributed by atoms with E-state index in [-0.39, 0.29) is 5.56 Å². The molecule has 0 spiro atoms. The third-order valence-corrected chi connectivity index (χ3v) is 3.13. The van der Waals surface area contributed by atoms with Gasteiger partial charge >= 0.3 is 0 Å². The van der Waals surface area contributed by atoms with Crippen LogP contribution in [0.1, 0.15) is 5.56 Å². The van der Waals surface area contributed by atoms with Gasteiger partial charge in [0.1, 0.15) is 6.61 Å². The highest BCUT2D eigenvalue weighted by atomic mass is 127. The topological polar surface area (TPSA) is 20.2 Å². The molecule has 0 aliphatic heterocycles. The van der Waals surface area contributed by atoms with E-state index < -0.39 is 12.5 Å². The number of aliphatic hydroxyl groups is 1. The zero-order valence-corrected chi connectivity index (χ0v) is 10.7. The molecule has 13 heavy (non-hydrogen) atoms. The summed E-state index contributed by atoms with van der Waals surface area (Å²) in [4.78, 5) is 0. The van der Waals surface area contributed by atoms with Crippen molar-refractivity contribution in [2.45, 2.75) is 5.92 Å². The molecular formula is C8H6F2I2O. The quantitative estimate of drug-likeness (QED) is 0.744. The van der Waals surface area contributed by atoms with Crippen LogP contribution in [0, 0.1) is 7.14 Å². The van der Waals surface area contributed by atoms with Gasteiger partial charge in [-0.1, -0.05) is 0 Å². The molecule has 0 radical (unpaired) electrons. The summed E-state index contributed by atoms with van der Waals surface area (Å²) in [6.07, 6.45) is 0. The SMILES string of the molecule is OCC(F)(F)c1cc(I)ccc1I. The predicted molar refractivity (Wildman–Crippen MR) is 62.9 cm³/mol. The summed E-state index contributed by atoms with van der Waals surface area (Å²) in [5, 5.41) is 8.51. The molecule has 1 aromatic carbocycles. The van der Waals surface area contributed by atoms with Gasteiger partial charge in [-0.3, -0.25) is 0 Å². The Kier molecular flexibility index (Phi) is 3.87. The largest absolute Gasteiger partial charge is 0.390 e. The first-order valence-corrected chi connectivity index (χ1v) is 5.57. The summed E-state index contributed by atoms with van der Waals surface area (Å²) in [6.45, 7) is -1.15. The van der Waals surface area contributed by atoms with Gasteiger partial charge in [-0.2, -0.15) is 8.78 Å². The van der Waals surface area contributed by atoms with Crippen LogP contribution in [0.15, 0.2) is 18.2 Å². The van der Waals surface area contributed by atoms with Crippen molar-refractivity contribution in [1.29, 1.82) is 0 Å². The van der Waals surface area contributed by atoms with Crippen molar-refractivity contribution in [3.05, 3.63) is 30.9 Å². The van der Waals surface area contributed by atoms with E-state index in [0.29, 0.717) is 3.57 Å². The van der Waals surface area contributed by atoms with Gasteiger partial charge in [-0.15, -0.1) is 0 Å². The van der Waals surface area contributed by atoms with Crippen LogP contribution in [0.25, 0.3) is 0 Å². The van der Waals surface area contributed by atoms with E-state index in [0.717, 1.165) is 3.57 Å². The van der Waals surface area contributed by atoms with Gasteiger partial charge in [-0.05, 0) is 63.4 Å². The van der Waals surface area contributed by atoms with Crippen molar-refractivity contribution >= 4 is 45.2 Å². The first kappa shape index (κ1) is 11.6. The van der Waals surface area contributed by atoms with Crippen LogP contribution < -0.4 is 0 Å². The first-order valence-electron chi connectivity index (χ1n) is 3.41. The van der Waals surface area contributed by atoms with Crippen LogP contribution in [0.5, 0.6) is 0 Å². The van der Waals surface area contributed by atoms with Crippen LogP contribution in [-0.2, 0) is 5.92 Å². The summed E-state index contributed by atoms with van der Waals surface area (Å²) in [5.74, 6) is -3.14. The minimum absolute atomic E-state index is 0.109. The number of aliphatic hydroxyl groups excluding tert-OH is 1. The number of hydrogen-bond donors (Lipinski definition) is 1. The number of halogens is 4. The van der Waals surface area contributed by atoms with Gasteiger partial charge in [0.05, 0.1) is 0 Å². The Bertz CT molecular complexity index is 315. The van der Waals surface area contributed by atoms with Gasteiger partial charge in [0, 0.05) is 12.7 Å². The third-order valence-electron chi connectivity index (χ3n) is 1.52. The summed E-state index contributed by atoms with van der Waals surface area (Å²) < 4.78 is 27.3. The monoisotopic (exact) mass is 410 g/mol. The maximum absolute atomic E-state index is 13.1. The Hall–Kier alpha value is 0.500. The second kappa shape index (κ2) is 4.35. The lowest BCUT2D eigenvalue weighted by Gasteiger charge is -2.15. The van der Waals surface area contributed by atoms with Gasteiger partial charge in [0.25, 0.3) is 5.92 Å². The van der Waals surface area contributed by atoms with E-state index in [1.807, 2.05) is 45.2 Å². The fourth-order valence-corrected chi connectivity index (χ4v) is 2.08. The van der Waals surface area contributed by atoms with Crippen molar-refractivity contribution in [2.24, 2.45) is 0 Å². The van der Waals surface area contributed by atoms with Crippen LogP contribution in [0.2, 0.25) is 0 Å². The molecular weight excluding hydrogens is 404 g/mol. The molecule has 1 rings (SSSR count). The van der Waals surface area contributed by atoms with E-state index in [1.54, 1.807) is 12.1 Å². The van der Waals surface area contributed by atoms with Crippen LogP contribution >= 0.6 is 45.2 Å². The Balaban J connectivity index is 3.20. The van der Waals surface area contributed by atoms with Crippen LogP contribution in [0.4, 0.5) is 8.78 Å². The smallest absolute Gasteiger partial charge is 0.296 e. The van der Waals surface area contributed by atoms with Crippen molar-refractivity contribution < 1.29 is 13.9 Å². The van der Waals surface area contributed by atoms with Crippen LogP contribution in [0.3, 0.4) is 0 Å². The molecule has 0 aliphatic rings. The summed E-state index contributed by atoms with van der Waals surface area (Å²) in [6, 6.07) is 4.75. The van der Waals surface area contributed by atoms with Crippen molar-refractivity contribution in [3.63, 3.8) is 0 Å². The molecule has 0 amide bonds. The second-order valence-corrected chi connectivity index (χ2v) is 4.89. The molecule has 0 aromatic heterocycles. The lowest BCUT2D eigenvalue weighted by molar-refractivity contribution is -0.0563. The molecule has 0 fully saturated rings. The standard InChI is InChI=1S/C8H6F2I2O/c9-8(10,4-13)6-3-5(11)1-2-7(6)12/h1-3,13H,4H2. The number of alkyl halides is 2. The van der Waals surface area contributed by atoms with E-state index in [1.165, 1.54) is 6.07 Å². The zero-order valence-electron chi connectivity index (χ0n) is 6.40. The van der Waals surface area contributed by atoms with E-state index >= 15 is 0 Å². The van der Waals surface area contributed by atoms with E-state index in [4.69, 9.17) is 5.11 Å². The molecule has 0 unspecified atom stereocenters. The lowest BCUT2D eigenvalue weighted by Crippen LogP contribution is -2.20. The molecule has 0 heterocycles. The second-order valence-electron chi connectivity index (χ2n) is 2.49. The minimum atomic E-state index is -3.14. The average molecular weight is 410 g/mol. The summed E-state index contributed by atoms with van der Waals surface area (Å²) in [5.41, 5.74) is -0.109. The van der Waals surface area contributed by atoms with Crippen molar-refractivity contribution in [3.8, 4) is 0 Å². The predicted octanol–water partition coefficient (Wildman–Crippen LogP) is 2.98. The highest BCUT2D eigenvalue weighted by Crippen LogP contribution is 2.31. The molecule has 72 valence electrons. The van der Waals surface area contributed by atoms with Crippen molar-refractivity contribution in [2.75, 3.05) is 6.61 Å². The molecule has 0 bridgehead atoms. The highest BCUT2D eigenvalue weighted by Gasteiger charge is 2.32. The maximum atomic E-state index is 13.1. The Morgan fingerprint density at radius 1 is 1.31 bits per heavy atom. The normalized spacial score (nSPS) is 11.8.